The van der Waals surface area contributed by atoms with E-state index in [9.17, 15) is 9.59 Å². The summed E-state index contributed by atoms with van der Waals surface area (Å²) in [7, 11) is 3.06. The Kier molecular flexibility index (Phi) is 8.63. The van der Waals surface area contributed by atoms with Crippen molar-refractivity contribution >= 4 is 46.6 Å². The summed E-state index contributed by atoms with van der Waals surface area (Å²) in [6, 6.07) is 19.4. The van der Waals surface area contributed by atoms with E-state index in [1.165, 1.54) is 18.9 Å². The zero-order valence-corrected chi connectivity index (χ0v) is 20.1. The summed E-state index contributed by atoms with van der Waals surface area (Å²) in [5, 5.41) is 6.13. The molecule has 0 aromatic heterocycles. The molecular weight excluding hydrogens is 460 g/mol. The molecule has 0 heterocycles. The topological polar surface area (TPSA) is 76.7 Å². The molecule has 172 valence electrons. The molecule has 1 unspecified atom stereocenters. The minimum atomic E-state index is -0.294. The van der Waals surface area contributed by atoms with E-state index >= 15 is 0 Å². The summed E-state index contributed by atoms with van der Waals surface area (Å²) in [4.78, 5) is 26.3. The van der Waals surface area contributed by atoms with Crippen LogP contribution >= 0.6 is 23.4 Å². The zero-order chi connectivity index (χ0) is 23.8. The fourth-order valence-electron chi connectivity index (χ4n) is 3.07. The van der Waals surface area contributed by atoms with Crippen molar-refractivity contribution in [2.24, 2.45) is 0 Å². The van der Waals surface area contributed by atoms with Gasteiger partial charge in [-0.05, 0) is 67.1 Å². The smallest absolute Gasteiger partial charge is 0.255 e. The van der Waals surface area contributed by atoms with Gasteiger partial charge in [0.25, 0.3) is 5.91 Å². The summed E-state index contributed by atoms with van der Waals surface area (Å²) >= 11 is 7.35. The number of methoxy groups -OCH3 is 2. The highest BCUT2D eigenvalue weighted by molar-refractivity contribution is 8.00. The first-order chi connectivity index (χ1) is 15.9. The van der Waals surface area contributed by atoms with E-state index in [0.29, 0.717) is 39.9 Å². The monoisotopic (exact) mass is 484 g/mol. The van der Waals surface area contributed by atoms with E-state index in [4.69, 9.17) is 21.1 Å². The van der Waals surface area contributed by atoms with Gasteiger partial charge in [0.1, 0.15) is 0 Å². The maximum Gasteiger partial charge on any atom is 0.255 e. The van der Waals surface area contributed by atoms with Gasteiger partial charge < -0.3 is 20.1 Å². The van der Waals surface area contributed by atoms with Crippen LogP contribution in [-0.4, -0.2) is 31.3 Å². The first-order valence-corrected chi connectivity index (χ1v) is 11.6. The fraction of sp³-hybridized carbons (Fsp3) is 0.200. The molecule has 0 aliphatic rings. The second-order valence-electron chi connectivity index (χ2n) is 7.06. The van der Waals surface area contributed by atoms with Crippen LogP contribution in [0.15, 0.2) is 71.6 Å². The summed E-state index contributed by atoms with van der Waals surface area (Å²) < 4.78 is 10.5. The van der Waals surface area contributed by atoms with Gasteiger partial charge in [0.05, 0.1) is 19.5 Å². The summed E-state index contributed by atoms with van der Waals surface area (Å²) in [6.45, 7) is 1.96. The Morgan fingerprint density at radius 3 is 2.30 bits per heavy atom. The van der Waals surface area contributed by atoms with Crippen molar-refractivity contribution in [1.29, 1.82) is 0 Å². The van der Waals surface area contributed by atoms with Crippen molar-refractivity contribution in [1.82, 2.24) is 0 Å². The van der Waals surface area contributed by atoms with E-state index < -0.39 is 0 Å². The molecule has 6 nitrogen and oxygen atoms in total. The lowest BCUT2D eigenvalue weighted by Crippen LogP contribution is -2.24. The highest BCUT2D eigenvalue weighted by Crippen LogP contribution is 2.30. The van der Waals surface area contributed by atoms with Crippen molar-refractivity contribution in [3.8, 4) is 11.5 Å². The number of amides is 2. The maximum absolute atomic E-state index is 12.7. The number of rotatable bonds is 9. The first kappa shape index (κ1) is 24.5. The van der Waals surface area contributed by atoms with E-state index in [-0.39, 0.29) is 17.1 Å². The van der Waals surface area contributed by atoms with E-state index in [1.54, 1.807) is 55.6 Å². The van der Waals surface area contributed by atoms with E-state index in [0.717, 1.165) is 4.90 Å². The number of carbonyl (C=O) groups is 2. The SMILES string of the molecule is CCC(Sc1cccc(NC(=O)c2ccc(OC)c(OC)c2)c1)C(=O)Nc1ccc(Cl)cc1. The Morgan fingerprint density at radius 1 is 0.909 bits per heavy atom. The van der Waals surface area contributed by atoms with Crippen LogP contribution in [0.5, 0.6) is 11.5 Å². The van der Waals surface area contributed by atoms with Gasteiger partial charge in [0.2, 0.25) is 5.91 Å². The highest BCUT2D eigenvalue weighted by atomic mass is 35.5. The number of carbonyl (C=O) groups excluding carboxylic acids is 2. The molecular formula is C25H25ClN2O4S. The molecule has 2 N–H and O–H groups in total. The van der Waals surface area contributed by atoms with Gasteiger partial charge in [-0.2, -0.15) is 0 Å². The predicted molar refractivity (Wildman–Crippen MR) is 134 cm³/mol. The molecule has 3 rings (SSSR count). The predicted octanol–water partition coefficient (Wildman–Crippen LogP) is 6.12. The van der Waals surface area contributed by atoms with E-state index in [1.807, 2.05) is 25.1 Å². The van der Waals surface area contributed by atoms with Crippen LogP contribution in [0.25, 0.3) is 0 Å². The van der Waals surface area contributed by atoms with Crippen molar-refractivity contribution in [2.45, 2.75) is 23.5 Å². The molecule has 0 spiro atoms. The molecule has 0 fully saturated rings. The molecule has 1 atom stereocenters. The lowest BCUT2D eigenvalue weighted by Gasteiger charge is -2.16. The van der Waals surface area contributed by atoms with Crippen LogP contribution in [0.4, 0.5) is 11.4 Å². The van der Waals surface area contributed by atoms with Crippen molar-refractivity contribution < 1.29 is 19.1 Å². The Hall–Kier alpha value is -3.16. The third-order valence-electron chi connectivity index (χ3n) is 4.79. The average Bonchev–Trinajstić information content (AvgIpc) is 2.83. The van der Waals surface area contributed by atoms with Crippen LogP contribution in [0, 0.1) is 0 Å². The Labute approximate surface area is 202 Å². The highest BCUT2D eigenvalue weighted by Gasteiger charge is 2.19. The summed E-state index contributed by atoms with van der Waals surface area (Å²) in [5.74, 6) is 0.664. The molecule has 0 saturated carbocycles. The normalized spacial score (nSPS) is 11.4. The number of halogens is 1. The van der Waals surface area contributed by atoms with Crippen LogP contribution in [0.3, 0.4) is 0 Å². The molecule has 33 heavy (non-hydrogen) atoms. The Bertz CT molecular complexity index is 1120. The summed E-state index contributed by atoms with van der Waals surface area (Å²) in [5.41, 5.74) is 1.77. The Balaban J connectivity index is 1.67. The molecule has 0 radical (unpaired) electrons. The van der Waals surface area contributed by atoms with Crippen molar-refractivity contribution in [3.63, 3.8) is 0 Å². The second-order valence-corrected chi connectivity index (χ2v) is 8.78. The van der Waals surface area contributed by atoms with Crippen LogP contribution < -0.4 is 20.1 Å². The average molecular weight is 485 g/mol. The Morgan fingerprint density at radius 2 is 1.64 bits per heavy atom. The van der Waals surface area contributed by atoms with Gasteiger partial charge in [-0.3, -0.25) is 9.59 Å². The van der Waals surface area contributed by atoms with Gasteiger partial charge in [0, 0.05) is 26.9 Å². The number of hydrogen-bond donors (Lipinski definition) is 2. The van der Waals surface area contributed by atoms with Gasteiger partial charge in [-0.25, -0.2) is 0 Å². The number of benzene rings is 3. The molecule has 2 amide bonds. The standard InChI is InChI=1S/C25H25ClN2O4S/c1-4-23(25(30)27-18-11-9-17(26)10-12-18)33-20-7-5-6-19(15-20)28-24(29)16-8-13-21(31-2)22(14-16)32-3/h5-15,23H,4H2,1-3H3,(H,27,30)(H,28,29). The molecule has 0 aliphatic carbocycles. The number of anilines is 2. The van der Waals surface area contributed by atoms with Crippen LogP contribution in [0.1, 0.15) is 23.7 Å². The number of thioether (sulfide) groups is 1. The van der Waals surface area contributed by atoms with Crippen molar-refractivity contribution in [3.05, 3.63) is 77.3 Å². The minimum absolute atomic E-state index is 0.0930. The van der Waals surface area contributed by atoms with Gasteiger partial charge in [0.15, 0.2) is 11.5 Å². The number of hydrogen-bond acceptors (Lipinski definition) is 5. The van der Waals surface area contributed by atoms with Gasteiger partial charge >= 0.3 is 0 Å². The molecule has 0 aliphatic heterocycles. The molecule has 3 aromatic carbocycles. The van der Waals surface area contributed by atoms with E-state index in [2.05, 4.69) is 10.6 Å². The third-order valence-corrected chi connectivity index (χ3v) is 6.40. The quantitative estimate of drug-likeness (QED) is 0.358. The second kappa shape index (κ2) is 11.6. The molecule has 3 aromatic rings. The number of ether oxygens (including phenoxy) is 2. The van der Waals surface area contributed by atoms with Crippen molar-refractivity contribution in [2.75, 3.05) is 24.9 Å². The molecule has 0 saturated heterocycles. The van der Waals surface area contributed by atoms with Crippen LogP contribution in [0.2, 0.25) is 5.02 Å². The summed E-state index contributed by atoms with van der Waals surface area (Å²) in [6.07, 6.45) is 0.645. The maximum atomic E-state index is 12.7. The lowest BCUT2D eigenvalue weighted by molar-refractivity contribution is -0.115. The lowest BCUT2D eigenvalue weighted by atomic mass is 10.2. The van der Waals surface area contributed by atoms with Gasteiger partial charge in [-0.1, -0.05) is 24.6 Å². The largest absolute Gasteiger partial charge is 0.493 e. The molecule has 0 bridgehead atoms. The number of nitrogens with one attached hydrogen (secondary N) is 2. The zero-order valence-electron chi connectivity index (χ0n) is 18.6. The third kappa shape index (κ3) is 6.66. The minimum Gasteiger partial charge on any atom is -0.493 e. The molecule has 8 heteroatoms. The van der Waals surface area contributed by atoms with Gasteiger partial charge in [-0.15, -0.1) is 11.8 Å². The van der Waals surface area contributed by atoms with Crippen LogP contribution in [-0.2, 0) is 4.79 Å². The fourth-order valence-corrected chi connectivity index (χ4v) is 4.21. The first-order valence-electron chi connectivity index (χ1n) is 10.3.